The molecule has 1 amide bonds. The van der Waals surface area contributed by atoms with Gasteiger partial charge in [-0.15, -0.1) is 11.3 Å². The maximum absolute atomic E-state index is 12.6. The molecule has 138 valence electrons. The Bertz CT molecular complexity index is 642. The normalized spacial score (nSPS) is 23.4. The van der Waals surface area contributed by atoms with Gasteiger partial charge in [0.2, 0.25) is 0 Å². The average molecular weight is 365 g/mol. The summed E-state index contributed by atoms with van der Waals surface area (Å²) in [5.41, 5.74) is 2.41. The molecule has 2 fully saturated rings. The van der Waals surface area contributed by atoms with Crippen LogP contribution < -0.4 is 5.32 Å². The van der Waals surface area contributed by atoms with Gasteiger partial charge in [-0.05, 0) is 31.6 Å². The predicted molar refractivity (Wildman–Crippen MR) is 97.0 cm³/mol. The van der Waals surface area contributed by atoms with Crippen molar-refractivity contribution in [3.63, 3.8) is 0 Å². The van der Waals surface area contributed by atoms with Gasteiger partial charge in [-0.25, -0.2) is 4.98 Å². The lowest BCUT2D eigenvalue weighted by Crippen LogP contribution is -2.55. The third-order valence-electron chi connectivity index (χ3n) is 4.98. The zero-order valence-electron chi connectivity index (χ0n) is 15.1. The second kappa shape index (κ2) is 7.03. The van der Waals surface area contributed by atoms with E-state index >= 15 is 0 Å². The highest BCUT2D eigenvalue weighted by molar-refractivity contribution is 7.11. The highest BCUT2D eigenvalue weighted by Gasteiger charge is 2.38. The third kappa shape index (κ3) is 4.58. The number of aliphatic carboxylic acids is 1. The van der Waals surface area contributed by atoms with Gasteiger partial charge in [-0.2, -0.15) is 0 Å². The van der Waals surface area contributed by atoms with Gasteiger partial charge in [0.15, 0.2) is 0 Å². The molecular weight excluding hydrogens is 338 g/mol. The van der Waals surface area contributed by atoms with Crippen LogP contribution in [0.1, 0.15) is 61.8 Å². The first kappa shape index (κ1) is 18.3. The van der Waals surface area contributed by atoms with Crippen LogP contribution in [0.4, 0.5) is 0 Å². The summed E-state index contributed by atoms with van der Waals surface area (Å²) in [5, 5.41) is 12.2. The maximum Gasteiger partial charge on any atom is 0.317 e. The number of nitrogens with one attached hydrogen (secondary N) is 1. The van der Waals surface area contributed by atoms with Gasteiger partial charge in [0, 0.05) is 24.0 Å². The van der Waals surface area contributed by atoms with Crippen LogP contribution in [0.15, 0.2) is 5.51 Å². The van der Waals surface area contributed by atoms with Gasteiger partial charge in [0.05, 0.1) is 17.7 Å². The minimum atomic E-state index is -0.771. The van der Waals surface area contributed by atoms with E-state index in [9.17, 15) is 9.59 Å². The summed E-state index contributed by atoms with van der Waals surface area (Å²) in [7, 11) is 0. The number of nitrogens with zero attached hydrogens (tertiary/aromatic N) is 2. The molecule has 1 aromatic heterocycles. The molecule has 0 bridgehead atoms. The quantitative estimate of drug-likeness (QED) is 0.776. The lowest BCUT2D eigenvalue weighted by Gasteiger charge is -2.42. The second-order valence-corrected chi connectivity index (χ2v) is 9.20. The Kier molecular flexibility index (Phi) is 5.16. The Balaban J connectivity index is 1.53. The molecule has 25 heavy (non-hydrogen) atoms. The number of amides is 1. The van der Waals surface area contributed by atoms with Gasteiger partial charge in [0.25, 0.3) is 5.91 Å². The van der Waals surface area contributed by atoms with Gasteiger partial charge >= 0.3 is 5.97 Å². The number of hydrogen-bond acceptors (Lipinski definition) is 5. The Morgan fingerprint density at radius 3 is 2.60 bits per heavy atom. The molecule has 7 heteroatoms. The fourth-order valence-corrected chi connectivity index (χ4v) is 4.24. The zero-order valence-corrected chi connectivity index (χ0v) is 15.9. The molecule has 2 aliphatic rings. The molecule has 2 saturated carbocycles. The summed E-state index contributed by atoms with van der Waals surface area (Å²) >= 11 is 1.38. The first-order valence-corrected chi connectivity index (χ1v) is 9.82. The standard InChI is InChI=1S/C18H27N3O3S/c1-18(2,3)16-15(25-10-19-16)17(24)20-12-6-13(7-12)21(9-14(22)23)8-11-4-5-11/h10-13H,4-9H2,1-3H3,(H,20,24)(H,22,23). The van der Waals surface area contributed by atoms with Crippen molar-refractivity contribution < 1.29 is 14.7 Å². The van der Waals surface area contributed by atoms with Crippen molar-refractivity contribution in [1.29, 1.82) is 0 Å². The highest BCUT2D eigenvalue weighted by atomic mass is 32.1. The largest absolute Gasteiger partial charge is 0.480 e. The van der Waals surface area contributed by atoms with Crippen molar-refractivity contribution >= 4 is 23.2 Å². The van der Waals surface area contributed by atoms with E-state index in [-0.39, 0.29) is 30.0 Å². The van der Waals surface area contributed by atoms with Crippen molar-refractivity contribution in [1.82, 2.24) is 15.2 Å². The lowest BCUT2D eigenvalue weighted by atomic mass is 9.85. The summed E-state index contributed by atoms with van der Waals surface area (Å²) in [6, 6.07) is 0.397. The molecule has 2 aliphatic carbocycles. The van der Waals surface area contributed by atoms with E-state index in [2.05, 4.69) is 36.0 Å². The van der Waals surface area contributed by atoms with E-state index in [1.165, 1.54) is 24.2 Å². The average Bonchev–Trinajstić information content (AvgIpc) is 3.11. The molecule has 0 atom stereocenters. The van der Waals surface area contributed by atoms with Gasteiger partial charge in [-0.3, -0.25) is 14.5 Å². The Hall–Kier alpha value is -1.47. The molecule has 1 heterocycles. The number of carbonyl (C=O) groups excluding carboxylic acids is 1. The minimum absolute atomic E-state index is 0.0529. The fraction of sp³-hybridized carbons (Fsp3) is 0.722. The summed E-state index contributed by atoms with van der Waals surface area (Å²) in [6.45, 7) is 7.14. The zero-order chi connectivity index (χ0) is 18.2. The number of aromatic nitrogens is 1. The molecule has 0 aliphatic heterocycles. The van der Waals surface area contributed by atoms with E-state index in [1.54, 1.807) is 5.51 Å². The number of carbonyl (C=O) groups is 2. The van der Waals surface area contributed by atoms with Crippen LogP contribution in [0.2, 0.25) is 0 Å². The second-order valence-electron chi connectivity index (χ2n) is 8.34. The monoisotopic (exact) mass is 365 g/mol. The molecule has 0 saturated heterocycles. The van der Waals surface area contributed by atoms with Crippen LogP contribution in [-0.2, 0) is 10.2 Å². The molecule has 0 radical (unpaired) electrons. The van der Waals surface area contributed by atoms with E-state index in [0.29, 0.717) is 10.8 Å². The maximum atomic E-state index is 12.6. The van der Waals surface area contributed by atoms with Crippen LogP contribution in [0, 0.1) is 5.92 Å². The van der Waals surface area contributed by atoms with E-state index < -0.39 is 5.97 Å². The van der Waals surface area contributed by atoms with Gasteiger partial charge < -0.3 is 10.4 Å². The van der Waals surface area contributed by atoms with E-state index in [1.807, 2.05) is 0 Å². The summed E-state index contributed by atoms with van der Waals surface area (Å²) in [6.07, 6.45) is 4.08. The predicted octanol–water partition coefficient (Wildman–Crippen LogP) is 2.50. The van der Waals surface area contributed by atoms with Crippen molar-refractivity contribution in [2.75, 3.05) is 13.1 Å². The minimum Gasteiger partial charge on any atom is -0.480 e. The highest BCUT2D eigenvalue weighted by Crippen LogP contribution is 2.34. The van der Waals surface area contributed by atoms with E-state index in [4.69, 9.17) is 5.11 Å². The van der Waals surface area contributed by atoms with Crippen LogP contribution in [-0.4, -0.2) is 52.0 Å². The van der Waals surface area contributed by atoms with Crippen molar-refractivity contribution in [3.05, 3.63) is 16.1 Å². The Morgan fingerprint density at radius 2 is 2.04 bits per heavy atom. The Morgan fingerprint density at radius 1 is 1.36 bits per heavy atom. The topological polar surface area (TPSA) is 82.5 Å². The van der Waals surface area contributed by atoms with Crippen LogP contribution >= 0.6 is 11.3 Å². The molecule has 1 aromatic rings. The number of carboxylic acid groups (broad SMARTS) is 1. The molecule has 2 N–H and O–H groups in total. The van der Waals surface area contributed by atoms with Crippen LogP contribution in [0.3, 0.4) is 0 Å². The van der Waals surface area contributed by atoms with Gasteiger partial charge in [-0.1, -0.05) is 20.8 Å². The third-order valence-corrected chi connectivity index (χ3v) is 5.80. The van der Waals surface area contributed by atoms with Crippen molar-refractivity contribution in [2.45, 2.75) is 64.0 Å². The van der Waals surface area contributed by atoms with Crippen molar-refractivity contribution in [2.24, 2.45) is 5.92 Å². The summed E-state index contributed by atoms with van der Waals surface area (Å²) < 4.78 is 0. The first-order chi connectivity index (χ1) is 11.7. The number of hydrogen-bond donors (Lipinski definition) is 2. The van der Waals surface area contributed by atoms with Crippen LogP contribution in [0.5, 0.6) is 0 Å². The van der Waals surface area contributed by atoms with Gasteiger partial charge in [0.1, 0.15) is 4.88 Å². The molecular formula is C18H27N3O3S. The first-order valence-electron chi connectivity index (χ1n) is 8.94. The lowest BCUT2D eigenvalue weighted by molar-refractivity contribution is -0.139. The van der Waals surface area contributed by atoms with Crippen LogP contribution in [0.25, 0.3) is 0 Å². The molecule has 6 nitrogen and oxygen atoms in total. The smallest absolute Gasteiger partial charge is 0.317 e. The number of carboxylic acids is 1. The molecule has 3 rings (SSSR count). The van der Waals surface area contributed by atoms with E-state index in [0.717, 1.165) is 25.1 Å². The number of thiazole rings is 1. The summed E-state index contributed by atoms with van der Waals surface area (Å²) in [4.78, 5) is 30.8. The Labute approximate surface area is 152 Å². The number of rotatable bonds is 7. The molecule has 0 unspecified atom stereocenters. The molecule has 0 spiro atoms. The SMILES string of the molecule is CC(C)(C)c1ncsc1C(=O)NC1CC(N(CC(=O)O)CC2CC2)C1. The summed E-state index contributed by atoms with van der Waals surface area (Å²) in [5.74, 6) is -0.157. The fourth-order valence-electron chi connectivity index (χ4n) is 3.34. The molecule has 0 aromatic carbocycles. The van der Waals surface area contributed by atoms with Crippen molar-refractivity contribution in [3.8, 4) is 0 Å².